The van der Waals surface area contributed by atoms with Gasteiger partial charge in [-0.3, -0.25) is 0 Å². The molecule has 9 heteroatoms. The molecular weight excluding hydrogens is 492 g/mol. The first kappa shape index (κ1) is 29.0. The maximum Gasteiger partial charge on any atom is 0.335 e. The molecule has 0 aromatic carbocycles. The predicted octanol–water partition coefficient (Wildman–Crippen LogP) is 2.64. The largest absolute Gasteiger partial charge is 0.463 e. The van der Waals surface area contributed by atoms with Crippen molar-refractivity contribution in [2.24, 2.45) is 17.3 Å². The van der Waals surface area contributed by atoms with E-state index in [-0.39, 0.29) is 31.3 Å². The Morgan fingerprint density at radius 1 is 1.26 bits per heavy atom. The predicted molar refractivity (Wildman–Crippen MR) is 138 cm³/mol. The van der Waals surface area contributed by atoms with Crippen molar-refractivity contribution in [1.82, 2.24) is 0 Å². The van der Waals surface area contributed by atoms with Crippen LogP contribution in [0.2, 0.25) is 0 Å². The molecule has 3 heterocycles. The quantitative estimate of drug-likeness (QED) is 0.319. The van der Waals surface area contributed by atoms with Gasteiger partial charge in [-0.1, -0.05) is 50.6 Å². The van der Waals surface area contributed by atoms with E-state index in [0.29, 0.717) is 19.4 Å². The second-order valence-corrected chi connectivity index (χ2v) is 11.3. The summed E-state index contributed by atoms with van der Waals surface area (Å²) in [5.74, 6) is -1.99. The Balaban J connectivity index is 1.67. The van der Waals surface area contributed by atoms with Gasteiger partial charge >= 0.3 is 11.9 Å². The van der Waals surface area contributed by atoms with Gasteiger partial charge in [0.1, 0.15) is 17.8 Å². The molecule has 9 nitrogen and oxygen atoms in total. The average Bonchev–Trinajstić information content (AvgIpc) is 3.66. The van der Waals surface area contributed by atoms with E-state index in [1.54, 1.807) is 32.1 Å². The summed E-state index contributed by atoms with van der Waals surface area (Å²) in [4.78, 5) is 25.8. The van der Waals surface area contributed by atoms with E-state index in [1.807, 2.05) is 13.8 Å². The van der Waals surface area contributed by atoms with Crippen molar-refractivity contribution in [2.45, 2.75) is 96.1 Å². The topological polar surface area (TPSA) is 124 Å². The molecule has 1 aliphatic carbocycles. The fraction of sp³-hybridized carbons (Fsp3) is 0.724. The van der Waals surface area contributed by atoms with Crippen LogP contribution in [-0.4, -0.2) is 84.2 Å². The average molecular weight is 535 g/mol. The lowest BCUT2D eigenvalue weighted by Gasteiger charge is -2.48. The monoisotopic (exact) mass is 534 g/mol. The highest BCUT2D eigenvalue weighted by Gasteiger charge is 2.78. The number of hydrogen-bond donors (Lipinski definition) is 2. The number of cyclic esters (lactones) is 1. The first-order valence-corrected chi connectivity index (χ1v) is 13.7. The standard InChI is InChI=1S/C29H42O9/c1-6-17(2)13-22-20-15-35-27(33)26(32)18(3)11-12-34-21(19(4)30)9-7-8-10-25(31)38-23-14-24(37-22)29(16-36-29)28(20,23)5/h7-10,13,18-24,26,30,32H,6,11-12,14-16H2,1-5H3/b9-7-,10-8-,17-13+/t18-,19-,20+,21+,22-,23-,24-,26-,28+,29+/m0/s1. The van der Waals surface area contributed by atoms with Crippen molar-refractivity contribution >= 4 is 11.9 Å². The third kappa shape index (κ3) is 5.49. The summed E-state index contributed by atoms with van der Waals surface area (Å²) < 4.78 is 30.0. The highest BCUT2D eigenvalue weighted by molar-refractivity contribution is 5.82. The Morgan fingerprint density at radius 2 is 2.00 bits per heavy atom. The zero-order valence-electron chi connectivity index (χ0n) is 23.0. The highest BCUT2D eigenvalue weighted by atomic mass is 16.6. The minimum atomic E-state index is -1.33. The number of allylic oxidation sites excluding steroid dienone is 3. The van der Waals surface area contributed by atoms with E-state index >= 15 is 0 Å². The lowest BCUT2D eigenvalue weighted by molar-refractivity contribution is -0.187. The minimum absolute atomic E-state index is 0.0116. The first-order chi connectivity index (χ1) is 18.0. The molecule has 1 saturated carbocycles. The maximum absolute atomic E-state index is 12.9. The smallest absolute Gasteiger partial charge is 0.335 e. The Hall–Kier alpha value is -2.04. The molecule has 2 bridgehead atoms. The Bertz CT molecular complexity index is 965. The van der Waals surface area contributed by atoms with Crippen molar-refractivity contribution in [3.05, 3.63) is 36.0 Å². The molecule has 3 aliphatic heterocycles. The summed E-state index contributed by atoms with van der Waals surface area (Å²) in [6.07, 6.45) is 6.12. The zero-order valence-corrected chi connectivity index (χ0v) is 23.0. The normalized spacial score (nSPS) is 44.9. The van der Waals surface area contributed by atoms with E-state index < -0.39 is 53.3 Å². The number of rotatable bonds is 3. The molecule has 2 N–H and O–H groups in total. The van der Waals surface area contributed by atoms with Gasteiger partial charge in [0.05, 0.1) is 31.5 Å². The molecular formula is C29H42O9. The fourth-order valence-corrected chi connectivity index (χ4v) is 6.04. The van der Waals surface area contributed by atoms with Gasteiger partial charge in [0.15, 0.2) is 6.10 Å². The molecule has 10 atom stereocenters. The van der Waals surface area contributed by atoms with Gasteiger partial charge < -0.3 is 33.9 Å². The second kappa shape index (κ2) is 11.6. The molecule has 212 valence electrons. The van der Waals surface area contributed by atoms with Crippen molar-refractivity contribution in [1.29, 1.82) is 0 Å². The van der Waals surface area contributed by atoms with E-state index in [4.69, 9.17) is 23.7 Å². The molecule has 0 aromatic rings. The Morgan fingerprint density at radius 3 is 2.66 bits per heavy atom. The highest BCUT2D eigenvalue weighted by Crippen LogP contribution is 2.65. The van der Waals surface area contributed by atoms with Crippen molar-refractivity contribution in [3.8, 4) is 0 Å². The molecule has 0 amide bonds. The Labute approximate surface area is 224 Å². The number of hydrogen-bond acceptors (Lipinski definition) is 9. The van der Waals surface area contributed by atoms with Crippen LogP contribution in [-0.2, 0) is 33.3 Å². The van der Waals surface area contributed by atoms with E-state index in [0.717, 1.165) is 12.0 Å². The summed E-state index contributed by atoms with van der Waals surface area (Å²) in [5.41, 5.74) is -0.140. The number of carbonyl (C=O) groups excluding carboxylic acids is 2. The summed E-state index contributed by atoms with van der Waals surface area (Å²) in [7, 11) is 0. The molecule has 0 unspecified atom stereocenters. The zero-order chi connectivity index (χ0) is 27.7. The molecule has 38 heavy (non-hydrogen) atoms. The van der Waals surface area contributed by atoms with Crippen LogP contribution < -0.4 is 0 Å². The van der Waals surface area contributed by atoms with Crippen LogP contribution in [0.25, 0.3) is 0 Å². The molecule has 2 saturated heterocycles. The third-order valence-electron chi connectivity index (χ3n) is 8.93. The summed E-state index contributed by atoms with van der Waals surface area (Å²) >= 11 is 0. The first-order valence-electron chi connectivity index (χ1n) is 13.7. The van der Waals surface area contributed by atoms with Crippen molar-refractivity contribution in [2.75, 3.05) is 19.8 Å². The third-order valence-corrected chi connectivity index (χ3v) is 8.93. The molecule has 1 spiro atoms. The lowest BCUT2D eigenvalue weighted by Crippen LogP contribution is -2.59. The van der Waals surface area contributed by atoms with Gasteiger partial charge in [-0.05, 0) is 32.6 Å². The van der Waals surface area contributed by atoms with Gasteiger partial charge in [-0.2, -0.15) is 0 Å². The van der Waals surface area contributed by atoms with Crippen molar-refractivity contribution in [3.63, 3.8) is 0 Å². The number of ether oxygens (including phenoxy) is 5. The van der Waals surface area contributed by atoms with E-state index in [2.05, 4.69) is 13.0 Å². The van der Waals surface area contributed by atoms with Gasteiger partial charge in [0.2, 0.25) is 0 Å². The van der Waals surface area contributed by atoms with Gasteiger partial charge in [-0.25, -0.2) is 9.59 Å². The number of carbonyl (C=O) groups is 2. The molecule has 3 fully saturated rings. The van der Waals surface area contributed by atoms with Crippen LogP contribution in [0.5, 0.6) is 0 Å². The number of esters is 2. The summed E-state index contributed by atoms with van der Waals surface area (Å²) in [6, 6.07) is 0. The van der Waals surface area contributed by atoms with Crippen LogP contribution in [0.1, 0.15) is 53.9 Å². The maximum atomic E-state index is 12.9. The van der Waals surface area contributed by atoms with E-state index in [9.17, 15) is 19.8 Å². The summed E-state index contributed by atoms with van der Waals surface area (Å²) in [6.45, 7) is 10.2. The lowest BCUT2D eigenvalue weighted by atomic mass is 9.64. The molecule has 4 aliphatic rings. The minimum Gasteiger partial charge on any atom is -0.463 e. The number of epoxide rings is 1. The fourth-order valence-electron chi connectivity index (χ4n) is 6.04. The van der Waals surface area contributed by atoms with Crippen LogP contribution >= 0.6 is 0 Å². The molecule has 4 rings (SSSR count). The summed E-state index contributed by atoms with van der Waals surface area (Å²) in [5, 5.41) is 20.7. The van der Waals surface area contributed by atoms with Gasteiger partial charge in [0.25, 0.3) is 0 Å². The van der Waals surface area contributed by atoms with Crippen LogP contribution in [0.15, 0.2) is 36.0 Å². The molecule has 0 aromatic heterocycles. The van der Waals surface area contributed by atoms with Crippen molar-refractivity contribution < 1.29 is 43.5 Å². The second-order valence-electron chi connectivity index (χ2n) is 11.3. The van der Waals surface area contributed by atoms with Gasteiger partial charge in [-0.15, -0.1) is 0 Å². The SMILES string of the molecule is CC/C(C)=C/[C@@H]1O[C@H]2C[C@@H]3OC(=O)/C=C\C=C/[C@H]([C@H](C)O)OCC[C@H](C)[C@H](O)C(=O)OC[C@H]1[C@@]3(C)[C@@]21CO1. The molecule has 0 radical (unpaired) electrons. The van der Waals surface area contributed by atoms with Gasteiger partial charge in [0, 0.05) is 30.4 Å². The Kier molecular flexibility index (Phi) is 8.84. The van der Waals surface area contributed by atoms with Crippen LogP contribution in [0, 0.1) is 17.3 Å². The number of aliphatic hydroxyl groups excluding tert-OH is 2. The van der Waals surface area contributed by atoms with Crippen LogP contribution in [0.4, 0.5) is 0 Å². The van der Waals surface area contributed by atoms with Crippen LogP contribution in [0.3, 0.4) is 0 Å². The van der Waals surface area contributed by atoms with E-state index in [1.165, 1.54) is 6.08 Å². The number of aliphatic hydroxyl groups is 2.